The van der Waals surface area contributed by atoms with E-state index in [0.717, 1.165) is 33.1 Å². The predicted octanol–water partition coefficient (Wildman–Crippen LogP) is 5.58. The van der Waals surface area contributed by atoms with Crippen molar-refractivity contribution in [2.75, 3.05) is 6.61 Å². The van der Waals surface area contributed by atoms with Gasteiger partial charge in [0, 0.05) is 10.9 Å². The normalized spacial score (nSPS) is 11.2. The lowest BCUT2D eigenvalue weighted by molar-refractivity contribution is 0.340. The van der Waals surface area contributed by atoms with Crippen LogP contribution >= 0.6 is 11.3 Å². The number of allylic oxidation sites excluding steroid dienone is 1. The van der Waals surface area contributed by atoms with Crippen LogP contribution in [0.4, 0.5) is 0 Å². The van der Waals surface area contributed by atoms with E-state index in [2.05, 4.69) is 11.1 Å². The molecule has 0 unspecified atom stereocenters. The van der Waals surface area contributed by atoms with Crippen LogP contribution in [0.15, 0.2) is 53.9 Å². The van der Waals surface area contributed by atoms with Crippen LogP contribution in [0.3, 0.4) is 0 Å². The Balaban J connectivity index is 1.89. The third kappa shape index (κ3) is 3.96. The number of nitrogens with zero attached hydrogens (tertiary/aromatic N) is 2. The van der Waals surface area contributed by atoms with Crippen LogP contribution in [0.25, 0.3) is 22.9 Å². The van der Waals surface area contributed by atoms with Crippen molar-refractivity contribution in [2.45, 2.75) is 13.8 Å². The molecular weight excluding hydrogens is 328 g/mol. The van der Waals surface area contributed by atoms with Crippen molar-refractivity contribution in [3.8, 4) is 23.1 Å². The Morgan fingerprint density at radius 3 is 2.64 bits per heavy atom. The minimum absolute atomic E-state index is 0.580. The summed E-state index contributed by atoms with van der Waals surface area (Å²) in [6, 6.07) is 18.1. The summed E-state index contributed by atoms with van der Waals surface area (Å²) in [5, 5.41) is 12.3. The van der Waals surface area contributed by atoms with E-state index in [1.165, 1.54) is 11.3 Å². The smallest absolute Gasteiger partial charge is 0.134 e. The van der Waals surface area contributed by atoms with E-state index < -0.39 is 0 Å². The maximum absolute atomic E-state index is 9.54. The lowest BCUT2D eigenvalue weighted by Crippen LogP contribution is -1.90. The number of hydrogen-bond acceptors (Lipinski definition) is 4. The molecule has 0 spiro atoms. The summed E-state index contributed by atoms with van der Waals surface area (Å²) < 4.78 is 5.47. The van der Waals surface area contributed by atoms with E-state index in [1.807, 2.05) is 73.8 Å². The first-order chi connectivity index (χ1) is 12.2. The highest BCUT2D eigenvalue weighted by atomic mass is 32.1. The number of thiazole rings is 1. The minimum Gasteiger partial charge on any atom is -0.494 e. The van der Waals surface area contributed by atoms with Crippen molar-refractivity contribution < 1.29 is 4.74 Å². The minimum atomic E-state index is 0.580. The zero-order valence-electron chi connectivity index (χ0n) is 14.2. The summed E-state index contributed by atoms with van der Waals surface area (Å²) in [6.07, 6.45) is 1.90. The summed E-state index contributed by atoms with van der Waals surface area (Å²) in [5.41, 5.74) is 4.64. The second-order valence-corrected chi connectivity index (χ2v) is 6.38. The molecule has 3 nitrogen and oxygen atoms in total. The quantitative estimate of drug-likeness (QED) is 0.566. The van der Waals surface area contributed by atoms with Crippen molar-refractivity contribution in [1.82, 2.24) is 4.98 Å². The SMILES string of the molecule is CCOc1ccc(-c2csc(C(C#N)=Cc3ccccc3C)n2)cc1. The van der Waals surface area contributed by atoms with Crippen LogP contribution in [0.1, 0.15) is 23.1 Å². The Hall–Kier alpha value is -2.90. The Labute approximate surface area is 151 Å². The topological polar surface area (TPSA) is 45.9 Å². The molecular formula is C21H18N2OS. The number of aryl methyl sites for hydroxylation is 1. The number of benzene rings is 2. The van der Waals surface area contributed by atoms with E-state index in [4.69, 9.17) is 4.74 Å². The molecule has 3 rings (SSSR count). The molecule has 0 saturated heterocycles. The number of aromatic nitrogens is 1. The highest BCUT2D eigenvalue weighted by Crippen LogP contribution is 2.28. The van der Waals surface area contributed by atoms with Gasteiger partial charge in [0.2, 0.25) is 0 Å². The molecule has 0 fully saturated rings. The lowest BCUT2D eigenvalue weighted by Gasteiger charge is -2.03. The molecule has 2 aromatic carbocycles. The summed E-state index contributed by atoms with van der Waals surface area (Å²) in [6.45, 7) is 4.65. The molecule has 0 saturated carbocycles. The van der Waals surface area contributed by atoms with Crippen molar-refractivity contribution >= 4 is 23.0 Å². The lowest BCUT2D eigenvalue weighted by atomic mass is 10.1. The molecule has 4 heteroatoms. The molecule has 0 N–H and O–H groups in total. The molecule has 0 radical (unpaired) electrons. The van der Waals surface area contributed by atoms with E-state index in [1.54, 1.807) is 0 Å². The standard InChI is InChI=1S/C21H18N2OS/c1-3-24-19-10-8-16(9-11-19)20-14-25-21(23-20)18(13-22)12-17-7-5-4-6-15(17)2/h4-12,14H,3H2,1-2H3. The maximum Gasteiger partial charge on any atom is 0.134 e. The molecule has 0 aliphatic rings. The molecule has 0 aliphatic carbocycles. The van der Waals surface area contributed by atoms with Gasteiger partial charge < -0.3 is 4.74 Å². The van der Waals surface area contributed by atoms with Gasteiger partial charge in [-0.15, -0.1) is 11.3 Å². The zero-order valence-corrected chi connectivity index (χ0v) is 15.0. The Bertz CT molecular complexity index is 933. The van der Waals surface area contributed by atoms with Crippen molar-refractivity contribution in [1.29, 1.82) is 5.26 Å². The largest absolute Gasteiger partial charge is 0.494 e. The fourth-order valence-electron chi connectivity index (χ4n) is 2.46. The van der Waals surface area contributed by atoms with Gasteiger partial charge in [0.05, 0.1) is 17.9 Å². The van der Waals surface area contributed by atoms with Crippen molar-refractivity contribution in [3.63, 3.8) is 0 Å². The molecule has 0 amide bonds. The molecule has 0 atom stereocenters. The third-order valence-corrected chi connectivity index (χ3v) is 4.68. The fraction of sp³-hybridized carbons (Fsp3) is 0.143. The molecule has 3 aromatic rings. The van der Waals surface area contributed by atoms with Crippen LogP contribution in [-0.2, 0) is 0 Å². The molecule has 1 aromatic heterocycles. The van der Waals surface area contributed by atoms with Gasteiger partial charge in [-0.1, -0.05) is 24.3 Å². The summed E-state index contributed by atoms with van der Waals surface area (Å²) >= 11 is 1.48. The van der Waals surface area contributed by atoms with Crippen molar-refractivity contribution in [3.05, 3.63) is 70.0 Å². The first kappa shape index (κ1) is 16.9. The van der Waals surface area contributed by atoms with Gasteiger partial charge in [-0.05, 0) is 55.3 Å². The van der Waals surface area contributed by atoms with Gasteiger partial charge in [0.1, 0.15) is 16.8 Å². The zero-order chi connectivity index (χ0) is 17.6. The maximum atomic E-state index is 9.54. The van der Waals surface area contributed by atoms with Crippen LogP contribution in [0.2, 0.25) is 0 Å². The van der Waals surface area contributed by atoms with E-state index >= 15 is 0 Å². The van der Waals surface area contributed by atoms with E-state index in [9.17, 15) is 5.26 Å². The van der Waals surface area contributed by atoms with Gasteiger partial charge in [0.15, 0.2) is 0 Å². The summed E-state index contributed by atoms with van der Waals surface area (Å²) in [4.78, 5) is 4.64. The molecule has 124 valence electrons. The van der Waals surface area contributed by atoms with Gasteiger partial charge in [-0.2, -0.15) is 5.26 Å². The van der Waals surface area contributed by atoms with Gasteiger partial charge in [-0.25, -0.2) is 4.98 Å². The highest BCUT2D eigenvalue weighted by molar-refractivity contribution is 7.11. The molecule has 25 heavy (non-hydrogen) atoms. The van der Waals surface area contributed by atoms with E-state index in [-0.39, 0.29) is 0 Å². The van der Waals surface area contributed by atoms with Crippen LogP contribution in [0, 0.1) is 18.3 Å². The first-order valence-corrected chi connectivity index (χ1v) is 8.95. The molecule has 0 bridgehead atoms. The summed E-state index contributed by atoms with van der Waals surface area (Å²) in [5.74, 6) is 0.846. The average Bonchev–Trinajstić information content (AvgIpc) is 3.12. The van der Waals surface area contributed by atoms with Crippen LogP contribution < -0.4 is 4.74 Å². The Morgan fingerprint density at radius 1 is 1.20 bits per heavy atom. The second kappa shape index (κ2) is 7.78. The van der Waals surface area contributed by atoms with E-state index in [0.29, 0.717) is 12.2 Å². The number of nitriles is 1. The highest BCUT2D eigenvalue weighted by Gasteiger charge is 2.10. The van der Waals surface area contributed by atoms with Gasteiger partial charge in [0.25, 0.3) is 0 Å². The number of ether oxygens (including phenoxy) is 1. The fourth-order valence-corrected chi connectivity index (χ4v) is 3.26. The Kier molecular flexibility index (Phi) is 5.27. The van der Waals surface area contributed by atoms with Crippen molar-refractivity contribution in [2.24, 2.45) is 0 Å². The monoisotopic (exact) mass is 346 g/mol. The number of rotatable bonds is 5. The molecule has 1 heterocycles. The first-order valence-electron chi connectivity index (χ1n) is 8.08. The average molecular weight is 346 g/mol. The number of hydrogen-bond donors (Lipinski definition) is 0. The summed E-state index contributed by atoms with van der Waals surface area (Å²) in [7, 11) is 0. The van der Waals surface area contributed by atoms with Gasteiger partial charge in [-0.3, -0.25) is 0 Å². The predicted molar refractivity (Wildman–Crippen MR) is 103 cm³/mol. The third-order valence-electron chi connectivity index (χ3n) is 3.80. The van der Waals surface area contributed by atoms with Gasteiger partial charge >= 0.3 is 0 Å². The molecule has 0 aliphatic heterocycles. The van der Waals surface area contributed by atoms with Crippen LogP contribution in [-0.4, -0.2) is 11.6 Å². The Morgan fingerprint density at radius 2 is 1.96 bits per heavy atom. The second-order valence-electron chi connectivity index (χ2n) is 5.52. The van der Waals surface area contributed by atoms with Crippen LogP contribution in [0.5, 0.6) is 5.75 Å².